The minimum absolute atomic E-state index is 0.00875. The van der Waals surface area contributed by atoms with E-state index in [2.05, 4.69) is 36.8 Å². The molecule has 5 heteroatoms. The highest BCUT2D eigenvalue weighted by Crippen LogP contribution is 2.70. The molecule has 3 heterocycles. The van der Waals surface area contributed by atoms with E-state index in [1.807, 2.05) is 18.3 Å². The number of likely N-dealkylation sites (N-methyl/N-ethyl adjacent to an activating group) is 1. The van der Waals surface area contributed by atoms with Gasteiger partial charge in [0, 0.05) is 42.7 Å². The Labute approximate surface area is 167 Å². The van der Waals surface area contributed by atoms with Crippen molar-refractivity contribution in [3.63, 3.8) is 0 Å². The van der Waals surface area contributed by atoms with E-state index in [0.717, 1.165) is 31.6 Å². The quantitative estimate of drug-likeness (QED) is 0.577. The van der Waals surface area contributed by atoms with Crippen LogP contribution in [0.15, 0.2) is 24.4 Å². The molecular weight excluding hydrogens is 352 g/mol. The van der Waals surface area contributed by atoms with Gasteiger partial charge in [-0.3, -0.25) is 9.78 Å². The molecule has 1 spiro atoms. The van der Waals surface area contributed by atoms with E-state index in [1.54, 1.807) is 0 Å². The Morgan fingerprint density at radius 1 is 1.36 bits per heavy atom. The van der Waals surface area contributed by atoms with E-state index < -0.39 is 0 Å². The second-order valence-electron chi connectivity index (χ2n) is 9.88. The number of esters is 1. The number of rotatable bonds is 5. The number of ether oxygens (including phenoxy) is 2. The van der Waals surface area contributed by atoms with Gasteiger partial charge < -0.3 is 14.4 Å². The number of aromatic nitrogens is 1. The minimum atomic E-state index is -0.0678. The number of fused-ring (bicyclic) bond motifs is 2. The number of pyridine rings is 1. The van der Waals surface area contributed by atoms with Crippen molar-refractivity contribution in [2.24, 2.45) is 23.2 Å². The topological polar surface area (TPSA) is 55.0 Å². The molecule has 4 fully saturated rings. The Morgan fingerprint density at radius 2 is 2.21 bits per heavy atom. The van der Waals surface area contributed by atoms with Crippen LogP contribution < -0.4 is 0 Å². The molecule has 2 saturated carbocycles. The maximum Gasteiger partial charge on any atom is 0.311 e. The molecule has 0 aromatic carbocycles. The van der Waals surface area contributed by atoms with Crippen LogP contribution >= 0.6 is 0 Å². The van der Waals surface area contributed by atoms with Crippen molar-refractivity contribution in [1.29, 1.82) is 0 Å². The van der Waals surface area contributed by atoms with E-state index >= 15 is 0 Å². The second-order valence-corrected chi connectivity index (χ2v) is 9.88. The zero-order chi connectivity index (χ0) is 19.5. The first-order chi connectivity index (χ1) is 13.4. The lowest BCUT2D eigenvalue weighted by molar-refractivity contribution is -0.146. The predicted molar refractivity (Wildman–Crippen MR) is 106 cm³/mol. The van der Waals surface area contributed by atoms with Crippen molar-refractivity contribution in [3.8, 4) is 0 Å². The summed E-state index contributed by atoms with van der Waals surface area (Å²) in [5.74, 6) is 0.718. The average molecular weight is 385 g/mol. The summed E-state index contributed by atoms with van der Waals surface area (Å²) < 4.78 is 12.5. The highest BCUT2D eigenvalue weighted by Gasteiger charge is 2.78. The molecule has 7 atom stereocenters. The van der Waals surface area contributed by atoms with Crippen LogP contribution in [0, 0.1) is 23.2 Å². The predicted octanol–water partition coefficient (Wildman–Crippen LogP) is 3.08. The third-order valence-corrected chi connectivity index (χ3v) is 8.18. The highest BCUT2D eigenvalue weighted by molar-refractivity contribution is 5.76. The first-order valence-electron chi connectivity index (χ1n) is 10.9. The lowest BCUT2D eigenvalue weighted by Gasteiger charge is -2.49. The second kappa shape index (κ2) is 6.53. The maximum atomic E-state index is 12.8. The Balaban J connectivity index is 1.29. The lowest BCUT2D eigenvalue weighted by Crippen LogP contribution is -2.54. The number of carbonyl (C=O) groups is 1. The lowest BCUT2D eigenvalue weighted by atomic mass is 9.53. The fourth-order valence-electron chi connectivity index (χ4n) is 6.72. The molecule has 0 radical (unpaired) electrons. The summed E-state index contributed by atoms with van der Waals surface area (Å²) in [5.41, 5.74) is 1.25. The van der Waals surface area contributed by atoms with E-state index in [4.69, 9.17) is 9.47 Å². The maximum absolute atomic E-state index is 12.8. The number of hydrogen-bond donors (Lipinski definition) is 0. The molecule has 0 bridgehead atoms. The van der Waals surface area contributed by atoms with Gasteiger partial charge in [0.2, 0.25) is 0 Å². The molecule has 2 aliphatic heterocycles. The van der Waals surface area contributed by atoms with Crippen molar-refractivity contribution in [3.05, 3.63) is 30.1 Å². The number of nitrogens with zero attached hydrogens (tertiary/aromatic N) is 2. The van der Waals surface area contributed by atoms with Gasteiger partial charge in [-0.05, 0) is 44.4 Å². The summed E-state index contributed by atoms with van der Waals surface area (Å²) >= 11 is 0. The summed E-state index contributed by atoms with van der Waals surface area (Å²) in [6, 6.07) is 6.02. The van der Waals surface area contributed by atoms with Gasteiger partial charge in [-0.2, -0.15) is 0 Å². The third-order valence-electron chi connectivity index (χ3n) is 8.18. The molecule has 1 aromatic rings. The molecule has 0 amide bonds. The summed E-state index contributed by atoms with van der Waals surface area (Å²) in [6.07, 6.45) is 7.65. The fraction of sp³-hybridized carbons (Fsp3) is 0.739. The van der Waals surface area contributed by atoms with Gasteiger partial charge in [-0.25, -0.2) is 0 Å². The van der Waals surface area contributed by atoms with Crippen LogP contribution in [0.1, 0.15) is 45.2 Å². The molecule has 7 unspecified atom stereocenters. The van der Waals surface area contributed by atoms with Crippen LogP contribution in [0.2, 0.25) is 0 Å². The molecule has 1 aromatic heterocycles. The van der Waals surface area contributed by atoms with E-state index in [1.165, 1.54) is 19.3 Å². The zero-order valence-corrected chi connectivity index (χ0v) is 17.3. The molecule has 28 heavy (non-hydrogen) atoms. The standard InChI is InChI=1S/C23H32N2O3/c1-15-7-6-10-22(2)13-18-19(20-23(15,22)28-20)17(21(26)27-18)14-25(3)12-9-16-8-4-5-11-24-16/h4-5,8,11,15,17-20H,6-7,9-10,12-14H2,1-3H3. The minimum Gasteiger partial charge on any atom is -0.462 e. The molecular formula is C23H32N2O3. The van der Waals surface area contributed by atoms with Crippen molar-refractivity contribution in [2.45, 2.75) is 63.8 Å². The van der Waals surface area contributed by atoms with Gasteiger partial charge in [-0.15, -0.1) is 0 Å². The Bertz CT molecular complexity index is 755. The first kappa shape index (κ1) is 18.6. The van der Waals surface area contributed by atoms with Crippen LogP contribution in [0.4, 0.5) is 0 Å². The smallest absolute Gasteiger partial charge is 0.311 e. The van der Waals surface area contributed by atoms with E-state index in [9.17, 15) is 4.79 Å². The average Bonchev–Trinajstić information content (AvgIpc) is 3.36. The zero-order valence-electron chi connectivity index (χ0n) is 17.3. The van der Waals surface area contributed by atoms with Gasteiger partial charge in [0.1, 0.15) is 11.7 Å². The summed E-state index contributed by atoms with van der Waals surface area (Å²) in [6.45, 7) is 6.36. The van der Waals surface area contributed by atoms with Crippen LogP contribution in [0.25, 0.3) is 0 Å². The SMILES string of the molecule is CC1CCCC2(C)CC3OC(=O)C(CN(C)CCc4ccccn4)C3C3OC132. The van der Waals surface area contributed by atoms with Gasteiger partial charge in [-0.1, -0.05) is 26.3 Å². The van der Waals surface area contributed by atoms with Crippen LogP contribution in [-0.4, -0.2) is 53.8 Å². The van der Waals surface area contributed by atoms with Crippen molar-refractivity contribution < 1.29 is 14.3 Å². The van der Waals surface area contributed by atoms with Gasteiger partial charge in [0.05, 0.1) is 12.0 Å². The number of hydrogen-bond acceptors (Lipinski definition) is 5. The largest absolute Gasteiger partial charge is 0.462 e. The molecule has 2 aliphatic carbocycles. The molecule has 2 saturated heterocycles. The summed E-state index contributed by atoms with van der Waals surface area (Å²) in [5, 5.41) is 0. The normalized spacial score (nSPS) is 43.9. The fourth-order valence-corrected chi connectivity index (χ4v) is 6.72. The Morgan fingerprint density at radius 3 is 3.00 bits per heavy atom. The highest BCUT2D eigenvalue weighted by atomic mass is 16.6. The number of carbonyl (C=O) groups excluding carboxylic acids is 1. The van der Waals surface area contributed by atoms with Crippen molar-refractivity contribution in [2.75, 3.05) is 20.1 Å². The van der Waals surface area contributed by atoms with Crippen molar-refractivity contribution >= 4 is 5.97 Å². The number of epoxide rings is 1. The monoisotopic (exact) mass is 384 g/mol. The third kappa shape index (κ3) is 2.66. The molecule has 4 aliphatic rings. The van der Waals surface area contributed by atoms with E-state index in [0.29, 0.717) is 5.92 Å². The van der Waals surface area contributed by atoms with Gasteiger partial charge >= 0.3 is 5.97 Å². The van der Waals surface area contributed by atoms with E-state index in [-0.39, 0.29) is 41.0 Å². The molecule has 152 valence electrons. The van der Waals surface area contributed by atoms with Crippen molar-refractivity contribution in [1.82, 2.24) is 9.88 Å². The van der Waals surface area contributed by atoms with Crippen LogP contribution in [-0.2, 0) is 20.7 Å². The molecule has 5 nitrogen and oxygen atoms in total. The molecule has 0 N–H and O–H groups in total. The Hall–Kier alpha value is -1.46. The molecule has 5 rings (SSSR count). The van der Waals surface area contributed by atoms with Crippen LogP contribution in [0.3, 0.4) is 0 Å². The summed E-state index contributed by atoms with van der Waals surface area (Å²) in [4.78, 5) is 19.5. The van der Waals surface area contributed by atoms with Gasteiger partial charge in [0.15, 0.2) is 0 Å². The first-order valence-corrected chi connectivity index (χ1v) is 10.9. The Kier molecular flexibility index (Phi) is 4.33. The van der Waals surface area contributed by atoms with Crippen LogP contribution in [0.5, 0.6) is 0 Å². The van der Waals surface area contributed by atoms with Gasteiger partial charge in [0.25, 0.3) is 0 Å². The summed E-state index contributed by atoms with van der Waals surface area (Å²) in [7, 11) is 2.10.